The highest BCUT2D eigenvalue weighted by atomic mass is 16.6. The molecule has 0 amide bonds. The van der Waals surface area contributed by atoms with Gasteiger partial charge in [0.1, 0.15) is 13.2 Å². The van der Waals surface area contributed by atoms with E-state index in [2.05, 4.69) is 18.3 Å². The molecule has 0 aromatic heterocycles. The van der Waals surface area contributed by atoms with Crippen molar-refractivity contribution in [1.82, 2.24) is 5.32 Å². The van der Waals surface area contributed by atoms with Gasteiger partial charge in [0.2, 0.25) is 0 Å². The van der Waals surface area contributed by atoms with Crippen LogP contribution in [0.25, 0.3) is 0 Å². The van der Waals surface area contributed by atoms with Gasteiger partial charge >= 0.3 is 0 Å². The molecule has 4 heteroatoms. The zero-order valence-electron chi connectivity index (χ0n) is 10.9. The molecular weight excluding hydrogens is 228 g/mol. The van der Waals surface area contributed by atoms with Gasteiger partial charge in [-0.05, 0) is 43.1 Å². The first-order valence-corrected chi connectivity index (χ1v) is 6.59. The molecule has 1 aliphatic heterocycles. The second-order valence-electron chi connectivity index (χ2n) is 4.78. The molecule has 3 N–H and O–H groups in total. The van der Waals surface area contributed by atoms with Gasteiger partial charge in [-0.2, -0.15) is 0 Å². The normalized spacial score (nSPS) is 15.4. The minimum absolute atomic E-state index is 0.581. The fourth-order valence-corrected chi connectivity index (χ4v) is 1.90. The van der Waals surface area contributed by atoms with E-state index >= 15 is 0 Å². The van der Waals surface area contributed by atoms with Crippen molar-refractivity contribution in [3.8, 4) is 11.5 Å². The Labute approximate surface area is 108 Å². The van der Waals surface area contributed by atoms with Gasteiger partial charge in [0.25, 0.3) is 0 Å². The Balaban J connectivity index is 1.79. The molecule has 1 aromatic rings. The van der Waals surface area contributed by atoms with E-state index < -0.39 is 0 Å². The third kappa shape index (κ3) is 3.62. The lowest BCUT2D eigenvalue weighted by Gasteiger charge is -2.19. The van der Waals surface area contributed by atoms with E-state index in [-0.39, 0.29) is 0 Å². The Hall–Kier alpha value is -1.26. The van der Waals surface area contributed by atoms with Crippen LogP contribution in [0.5, 0.6) is 11.5 Å². The smallest absolute Gasteiger partial charge is 0.161 e. The number of nitrogens with two attached hydrogens (primary N) is 1. The molecule has 1 aliphatic rings. The molecule has 2 rings (SSSR count). The van der Waals surface area contributed by atoms with E-state index in [1.807, 2.05) is 12.1 Å². The summed E-state index contributed by atoms with van der Waals surface area (Å²) in [5.74, 6) is 2.29. The van der Waals surface area contributed by atoms with Crippen molar-refractivity contribution in [3.05, 3.63) is 23.8 Å². The van der Waals surface area contributed by atoms with Crippen molar-refractivity contribution in [2.75, 3.05) is 26.3 Å². The van der Waals surface area contributed by atoms with E-state index in [1.165, 1.54) is 5.56 Å². The SMILES string of the molecule is CC(CN)CCNCc1ccc2c(c1)OCCO2. The molecule has 0 aliphatic carbocycles. The summed E-state index contributed by atoms with van der Waals surface area (Å²) < 4.78 is 11.0. The second-order valence-corrected chi connectivity index (χ2v) is 4.78. The topological polar surface area (TPSA) is 56.5 Å². The van der Waals surface area contributed by atoms with Gasteiger partial charge in [0.05, 0.1) is 0 Å². The summed E-state index contributed by atoms with van der Waals surface area (Å²) in [5.41, 5.74) is 6.81. The maximum atomic E-state index is 5.58. The van der Waals surface area contributed by atoms with Crippen molar-refractivity contribution in [3.63, 3.8) is 0 Å². The lowest BCUT2D eigenvalue weighted by molar-refractivity contribution is 0.171. The molecule has 0 saturated heterocycles. The van der Waals surface area contributed by atoms with E-state index in [1.54, 1.807) is 0 Å². The average Bonchev–Trinajstić information content (AvgIpc) is 2.43. The van der Waals surface area contributed by atoms with Crippen LogP contribution < -0.4 is 20.5 Å². The maximum Gasteiger partial charge on any atom is 0.161 e. The van der Waals surface area contributed by atoms with Crippen molar-refractivity contribution >= 4 is 0 Å². The van der Waals surface area contributed by atoms with Gasteiger partial charge in [-0.15, -0.1) is 0 Å². The third-order valence-corrected chi connectivity index (χ3v) is 3.15. The van der Waals surface area contributed by atoms with Crippen molar-refractivity contribution in [2.24, 2.45) is 11.7 Å². The summed E-state index contributed by atoms with van der Waals surface area (Å²) in [5, 5.41) is 3.42. The molecule has 1 aromatic carbocycles. The first-order chi connectivity index (χ1) is 8.79. The number of rotatable bonds is 6. The summed E-state index contributed by atoms with van der Waals surface area (Å²) in [7, 11) is 0. The standard InChI is InChI=1S/C14H22N2O2/c1-11(9-15)4-5-16-10-12-2-3-13-14(8-12)18-7-6-17-13/h2-3,8,11,16H,4-7,9-10,15H2,1H3. The molecule has 0 bridgehead atoms. The van der Waals surface area contributed by atoms with E-state index in [4.69, 9.17) is 15.2 Å². The summed E-state index contributed by atoms with van der Waals surface area (Å²) in [6.45, 7) is 6.05. The minimum atomic E-state index is 0.581. The molecular formula is C14H22N2O2. The Morgan fingerprint density at radius 2 is 2.06 bits per heavy atom. The highest BCUT2D eigenvalue weighted by Gasteiger charge is 2.11. The third-order valence-electron chi connectivity index (χ3n) is 3.15. The summed E-state index contributed by atoms with van der Waals surface area (Å²) in [4.78, 5) is 0. The Morgan fingerprint density at radius 3 is 2.83 bits per heavy atom. The number of nitrogens with one attached hydrogen (secondary N) is 1. The van der Waals surface area contributed by atoms with Crippen LogP contribution in [0.2, 0.25) is 0 Å². The number of fused-ring (bicyclic) bond motifs is 1. The number of hydrogen-bond acceptors (Lipinski definition) is 4. The van der Waals surface area contributed by atoms with Gasteiger partial charge in [-0.1, -0.05) is 13.0 Å². The second kappa shape index (κ2) is 6.61. The van der Waals surface area contributed by atoms with Crippen molar-refractivity contribution < 1.29 is 9.47 Å². The van der Waals surface area contributed by atoms with Gasteiger partial charge in [-0.3, -0.25) is 0 Å². The van der Waals surface area contributed by atoms with Crippen molar-refractivity contribution in [1.29, 1.82) is 0 Å². The molecule has 4 nitrogen and oxygen atoms in total. The highest BCUT2D eigenvalue weighted by molar-refractivity contribution is 5.43. The lowest BCUT2D eigenvalue weighted by atomic mass is 10.1. The van der Waals surface area contributed by atoms with Crippen LogP contribution in [0.15, 0.2) is 18.2 Å². The zero-order valence-corrected chi connectivity index (χ0v) is 10.9. The molecule has 0 saturated carbocycles. The monoisotopic (exact) mass is 250 g/mol. The largest absolute Gasteiger partial charge is 0.486 e. The fourth-order valence-electron chi connectivity index (χ4n) is 1.90. The van der Waals surface area contributed by atoms with E-state index in [0.29, 0.717) is 19.1 Å². The Bertz CT molecular complexity index is 382. The Morgan fingerprint density at radius 1 is 1.28 bits per heavy atom. The van der Waals surface area contributed by atoms with Crippen LogP contribution in [-0.4, -0.2) is 26.3 Å². The first kappa shape index (κ1) is 13.2. The van der Waals surface area contributed by atoms with Gasteiger partial charge in [0.15, 0.2) is 11.5 Å². The van der Waals surface area contributed by atoms with Crippen LogP contribution >= 0.6 is 0 Å². The molecule has 1 unspecified atom stereocenters. The maximum absolute atomic E-state index is 5.58. The first-order valence-electron chi connectivity index (χ1n) is 6.59. The molecule has 1 heterocycles. The molecule has 18 heavy (non-hydrogen) atoms. The average molecular weight is 250 g/mol. The van der Waals surface area contributed by atoms with Crippen molar-refractivity contribution in [2.45, 2.75) is 19.9 Å². The molecule has 0 radical (unpaired) electrons. The molecule has 1 atom stereocenters. The van der Waals surface area contributed by atoms with Crippen LogP contribution in [0.1, 0.15) is 18.9 Å². The van der Waals surface area contributed by atoms with E-state index in [0.717, 1.165) is 37.6 Å². The Kier molecular flexibility index (Phi) is 4.84. The lowest BCUT2D eigenvalue weighted by Crippen LogP contribution is -2.20. The summed E-state index contributed by atoms with van der Waals surface area (Å²) in [6.07, 6.45) is 1.11. The van der Waals surface area contributed by atoms with Gasteiger partial charge in [0, 0.05) is 6.54 Å². The molecule has 100 valence electrons. The van der Waals surface area contributed by atoms with Crippen LogP contribution in [-0.2, 0) is 6.54 Å². The quantitative estimate of drug-likeness (QED) is 0.752. The predicted octanol–water partition coefficient (Wildman–Crippen LogP) is 1.53. The van der Waals surface area contributed by atoms with Crippen LogP contribution in [0.4, 0.5) is 0 Å². The molecule has 0 fully saturated rings. The number of hydrogen-bond donors (Lipinski definition) is 2. The van der Waals surface area contributed by atoms with Gasteiger partial charge in [-0.25, -0.2) is 0 Å². The summed E-state index contributed by atoms with van der Waals surface area (Å²) >= 11 is 0. The van der Waals surface area contributed by atoms with Crippen LogP contribution in [0.3, 0.4) is 0 Å². The number of ether oxygens (including phenoxy) is 2. The fraction of sp³-hybridized carbons (Fsp3) is 0.571. The summed E-state index contributed by atoms with van der Waals surface area (Å²) in [6, 6.07) is 6.11. The van der Waals surface area contributed by atoms with Gasteiger partial charge < -0.3 is 20.5 Å². The molecule has 0 spiro atoms. The highest BCUT2D eigenvalue weighted by Crippen LogP contribution is 2.30. The minimum Gasteiger partial charge on any atom is -0.486 e. The number of benzene rings is 1. The van der Waals surface area contributed by atoms with E-state index in [9.17, 15) is 0 Å². The van der Waals surface area contributed by atoms with Crippen LogP contribution in [0, 0.1) is 5.92 Å². The zero-order chi connectivity index (χ0) is 12.8. The predicted molar refractivity (Wildman–Crippen MR) is 72.0 cm³/mol.